The monoisotopic (exact) mass is 283 g/mol. The zero-order valence-corrected chi connectivity index (χ0v) is 11.3. The normalized spacial score (nSPS) is 11.7. The zero-order chi connectivity index (χ0) is 14.8. The minimum absolute atomic E-state index is 0.259. The predicted molar refractivity (Wildman–Crippen MR) is 71.4 cm³/mol. The first-order valence-corrected chi connectivity index (χ1v) is 6.33. The lowest BCUT2D eigenvalue weighted by Crippen LogP contribution is -2.11. The van der Waals surface area contributed by atoms with Gasteiger partial charge in [0.15, 0.2) is 0 Å². The number of aryl methyl sites for hydroxylation is 2. The van der Waals surface area contributed by atoms with E-state index in [1.807, 2.05) is 24.3 Å². The summed E-state index contributed by atoms with van der Waals surface area (Å²) in [4.78, 5) is 0. The second-order valence-corrected chi connectivity index (χ2v) is 4.55. The molecule has 1 N–H and O–H groups in total. The molecule has 0 radical (unpaired) electrons. The lowest BCUT2D eigenvalue weighted by atomic mass is 10.1. The topological polar surface area (TPSA) is 29.9 Å². The van der Waals surface area contributed by atoms with Crippen molar-refractivity contribution in [3.63, 3.8) is 0 Å². The van der Waals surface area contributed by atoms with Gasteiger partial charge in [-0.3, -0.25) is 4.68 Å². The van der Waals surface area contributed by atoms with E-state index in [1.54, 1.807) is 0 Å². The first kappa shape index (κ1) is 14.4. The highest BCUT2D eigenvalue weighted by Crippen LogP contribution is 2.29. The number of nitrogens with one attached hydrogen (secondary N) is 1. The minimum atomic E-state index is -4.37. The van der Waals surface area contributed by atoms with Crippen molar-refractivity contribution >= 4 is 5.69 Å². The Hall–Kier alpha value is -1.98. The maximum absolute atomic E-state index is 12.6. The second-order valence-electron chi connectivity index (χ2n) is 4.55. The van der Waals surface area contributed by atoms with Gasteiger partial charge >= 0.3 is 6.18 Å². The third-order valence-electron chi connectivity index (χ3n) is 3.06. The zero-order valence-electron chi connectivity index (χ0n) is 11.3. The van der Waals surface area contributed by atoms with Gasteiger partial charge in [0.25, 0.3) is 0 Å². The molecule has 1 aromatic carbocycles. The maximum atomic E-state index is 12.6. The van der Waals surface area contributed by atoms with Gasteiger partial charge in [-0.25, -0.2) is 0 Å². The van der Waals surface area contributed by atoms with Gasteiger partial charge in [-0.15, -0.1) is 0 Å². The maximum Gasteiger partial charge on any atom is 0.433 e. The van der Waals surface area contributed by atoms with Crippen molar-refractivity contribution in [2.75, 3.05) is 5.32 Å². The lowest BCUT2D eigenvalue weighted by molar-refractivity contribution is -0.143. The molecule has 1 heterocycles. The van der Waals surface area contributed by atoms with Gasteiger partial charge in [-0.1, -0.05) is 19.1 Å². The molecule has 0 aliphatic heterocycles. The molecule has 0 aliphatic rings. The molecule has 0 saturated heterocycles. The van der Waals surface area contributed by atoms with E-state index in [0.717, 1.165) is 22.9 Å². The molecular formula is C14H16F3N3. The van der Waals surface area contributed by atoms with E-state index in [4.69, 9.17) is 0 Å². The summed E-state index contributed by atoms with van der Waals surface area (Å²) in [6.07, 6.45) is -3.42. The van der Waals surface area contributed by atoms with E-state index < -0.39 is 11.9 Å². The summed E-state index contributed by atoms with van der Waals surface area (Å²) >= 11 is 0. The molecule has 6 heteroatoms. The summed E-state index contributed by atoms with van der Waals surface area (Å²) in [6, 6.07) is 8.86. The Kier molecular flexibility index (Phi) is 4.01. The van der Waals surface area contributed by atoms with Crippen LogP contribution >= 0.6 is 0 Å². The van der Waals surface area contributed by atoms with Gasteiger partial charge in [-0.05, 0) is 30.2 Å². The average Bonchev–Trinajstić information content (AvgIpc) is 2.78. The summed E-state index contributed by atoms with van der Waals surface area (Å²) in [5.41, 5.74) is 1.70. The van der Waals surface area contributed by atoms with Crippen LogP contribution in [0.1, 0.15) is 23.9 Å². The first-order valence-electron chi connectivity index (χ1n) is 6.33. The van der Waals surface area contributed by atoms with Crippen LogP contribution in [0, 0.1) is 0 Å². The molecule has 20 heavy (non-hydrogen) atoms. The van der Waals surface area contributed by atoms with Crippen LogP contribution in [0.15, 0.2) is 30.3 Å². The Labute approximate surface area is 115 Å². The fourth-order valence-electron chi connectivity index (χ4n) is 1.93. The Balaban J connectivity index is 2.03. The number of nitrogens with zero attached hydrogens (tertiary/aromatic N) is 2. The number of benzene rings is 1. The average molecular weight is 283 g/mol. The van der Waals surface area contributed by atoms with Gasteiger partial charge in [-0.2, -0.15) is 18.3 Å². The third kappa shape index (κ3) is 3.31. The number of hydrogen-bond donors (Lipinski definition) is 1. The number of hydrogen-bond acceptors (Lipinski definition) is 2. The predicted octanol–water partition coefficient (Wildman–Crippen LogP) is 3.61. The molecular weight excluding hydrogens is 267 g/mol. The van der Waals surface area contributed by atoms with Crippen molar-refractivity contribution in [3.05, 3.63) is 47.3 Å². The van der Waals surface area contributed by atoms with E-state index in [9.17, 15) is 13.2 Å². The highest BCUT2D eigenvalue weighted by Gasteiger charge is 2.34. The van der Waals surface area contributed by atoms with Crippen molar-refractivity contribution in [2.24, 2.45) is 7.05 Å². The molecule has 108 valence electrons. The molecule has 3 nitrogen and oxygen atoms in total. The van der Waals surface area contributed by atoms with Gasteiger partial charge in [0.05, 0.1) is 12.2 Å². The van der Waals surface area contributed by atoms with Crippen LogP contribution in [-0.4, -0.2) is 9.78 Å². The lowest BCUT2D eigenvalue weighted by Gasteiger charge is -2.05. The highest BCUT2D eigenvalue weighted by atomic mass is 19.4. The molecule has 0 spiro atoms. The minimum Gasteiger partial charge on any atom is -0.379 e. The second kappa shape index (κ2) is 5.56. The van der Waals surface area contributed by atoms with E-state index in [0.29, 0.717) is 5.69 Å². The largest absolute Gasteiger partial charge is 0.433 e. The molecule has 0 bridgehead atoms. The summed E-state index contributed by atoms with van der Waals surface area (Å²) in [6.45, 7) is 2.32. The molecule has 2 rings (SSSR count). The summed E-state index contributed by atoms with van der Waals surface area (Å²) < 4.78 is 38.7. The number of alkyl halides is 3. The molecule has 1 aromatic heterocycles. The smallest absolute Gasteiger partial charge is 0.379 e. The van der Waals surface area contributed by atoms with E-state index in [2.05, 4.69) is 17.3 Å². The molecule has 0 aliphatic carbocycles. The van der Waals surface area contributed by atoms with Gasteiger partial charge < -0.3 is 5.32 Å². The van der Waals surface area contributed by atoms with Crippen LogP contribution in [0.25, 0.3) is 0 Å². The fraction of sp³-hybridized carbons (Fsp3) is 0.357. The van der Waals surface area contributed by atoms with Crippen LogP contribution in [0.3, 0.4) is 0 Å². The SMILES string of the molecule is CCc1ccc(NCc2cc(C(F)(F)F)n(C)n2)cc1. The third-order valence-corrected chi connectivity index (χ3v) is 3.06. The van der Waals surface area contributed by atoms with Crippen LogP contribution in [0.2, 0.25) is 0 Å². The van der Waals surface area contributed by atoms with Crippen molar-refractivity contribution in [3.8, 4) is 0 Å². The Bertz CT molecular complexity index is 570. The van der Waals surface area contributed by atoms with Crippen LogP contribution in [-0.2, 0) is 26.2 Å². The van der Waals surface area contributed by atoms with Crippen molar-refractivity contribution in [2.45, 2.75) is 26.1 Å². The molecule has 2 aromatic rings. The van der Waals surface area contributed by atoms with Crippen molar-refractivity contribution < 1.29 is 13.2 Å². The molecule has 0 amide bonds. The standard InChI is InChI=1S/C14H16F3N3/c1-3-10-4-6-11(7-5-10)18-9-12-8-13(14(15,16)17)20(2)19-12/h4-8,18H,3,9H2,1-2H3. The van der Waals surface area contributed by atoms with Crippen LogP contribution in [0.4, 0.5) is 18.9 Å². The summed E-state index contributed by atoms with van der Waals surface area (Å²) in [5, 5.41) is 6.92. The van der Waals surface area contributed by atoms with Crippen molar-refractivity contribution in [1.29, 1.82) is 0 Å². The molecule has 0 unspecified atom stereocenters. The molecule has 0 fully saturated rings. The highest BCUT2D eigenvalue weighted by molar-refractivity contribution is 5.44. The van der Waals surface area contributed by atoms with Gasteiger partial charge in [0, 0.05) is 12.7 Å². The number of halogens is 3. The van der Waals surface area contributed by atoms with E-state index in [-0.39, 0.29) is 6.54 Å². The van der Waals surface area contributed by atoms with E-state index in [1.165, 1.54) is 12.6 Å². The Morgan fingerprint density at radius 1 is 1.20 bits per heavy atom. The van der Waals surface area contributed by atoms with Crippen LogP contribution in [0.5, 0.6) is 0 Å². The van der Waals surface area contributed by atoms with Crippen LogP contribution < -0.4 is 5.32 Å². The number of rotatable bonds is 4. The van der Waals surface area contributed by atoms with Gasteiger partial charge in [0.2, 0.25) is 0 Å². The first-order chi connectivity index (χ1) is 9.40. The Morgan fingerprint density at radius 2 is 1.85 bits per heavy atom. The summed E-state index contributed by atoms with van der Waals surface area (Å²) in [5.74, 6) is 0. The molecule has 0 atom stereocenters. The van der Waals surface area contributed by atoms with Gasteiger partial charge in [0.1, 0.15) is 5.69 Å². The fourth-order valence-corrected chi connectivity index (χ4v) is 1.93. The Morgan fingerprint density at radius 3 is 2.35 bits per heavy atom. The number of anilines is 1. The number of aromatic nitrogens is 2. The summed E-state index contributed by atoms with van der Waals surface area (Å²) in [7, 11) is 1.29. The van der Waals surface area contributed by atoms with E-state index >= 15 is 0 Å². The quantitative estimate of drug-likeness (QED) is 0.929. The van der Waals surface area contributed by atoms with Crippen molar-refractivity contribution in [1.82, 2.24) is 9.78 Å². The molecule has 0 saturated carbocycles.